The van der Waals surface area contributed by atoms with E-state index in [0.717, 1.165) is 11.0 Å². The number of rotatable bonds is 6. The standard InChI is InChI=1S/C18H16FNO4/c1-23-9-4-10-24-16-8-7-12(11-15(16)19)20-17(21)13-5-2-3-6-14(13)18(20)22/h2-3,5-8,11H,4,9-10H2,1H3. The smallest absolute Gasteiger partial charge is 0.266 e. The van der Waals surface area contributed by atoms with Gasteiger partial charge in [-0.2, -0.15) is 0 Å². The highest BCUT2D eigenvalue weighted by molar-refractivity contribution is 6.34. The van der Waals surface area contributed by atoms with Crippen molar-refractivity contribution in [1.82, 2.24) is 0 Å². The van der Waals surface area contributed by atoms with E-state index < -0.39 is 17.6 Å². The van der Waals surface area contributed by atoms with Gasteiger partial charge in [-0.05, 0) is 24.3 Å². The summed E-state index contributed by atoms with van der Waals surface area (Å²) in [6.45, 7) is 0.839. The van der Waals surface area contributed by atoms with E-state index in [1.165, 1.54) is 12.1 Å². The van der Waals surface area contributed by atoms with E-state index in [2.05, 4.69) is 0 Å². The Labute approximate surface area is 138 Å². The Morgan fingerprint density at radius 1 is 1.00 bits per heavy atom. The molecule has 3 rings (SSSR count). The van der Waals surface area contributed by atoms with Crippen LogP contribution in [0.3, 0.4) is 0 Å². The average Bonchev–Trinajstić information content (AvgIpc) is 2.84. The number of imide groups is 1. The van der Waals surface area contributed by atoms with E-state index in [9.17, 15) is 14.0 Å². The number of benzene rings is 2. The van der Waals surface area contributed by atoms with Crippen molar-refractivity contribution >= 4 is 17.5 Å². The predicted molar refractivity (Wildman–Crippen MR) is 86.0 cm³/mol. The number of anilines is 1. The summed E-state index contributed by atoms with van der Waals surface area (Å²) in [4.78, 5) is 25.7. The van der Waals surface area contributed by atoms with Crippen LogP contribution in [0.1, 0.15) is 27.1 Å². The molecule has 0 radical (unpaired) electrons. The highest BCUT2D eigenvalue weighted by atomic mass is 19.1. The monoisotopic (exact) mass is 329 g/mol. The van der Waals surface area contributed by atoms with Gasteiger partial charge in [0, 0.05) is 26.2 Å². The highest BCUT2D eigenvalue weighted by Crippen LogP contribution is 2.31. The Kier molecular flexibility index (Phi) is 4.57. The highest BCUT2D eigenvalue weighted by Gasteiger charge is 2.36. The Balaban J connectivity index is 1.80. The normalized spacial score (nSPS) is 13.3. The van der Waals surface area contributed by atoms with Crippen LogP contribution in [0, 0.1) is 5.82 Å². The van der Waals surface area contributed by atoms with Gasteiger partial charge >= 0.3 is 0 Å². The molecule has 0 aliphatic carbocycles. The molecule has 0 atom stereocenters. The van der Waals surface area contributed by atoms with E-state index in [-0.39, 0.29) is 11.4 Å². The van der Waals surface area contributed by atoms with Crippen LogP contribution < -0.4 is 9.64 Å². The van der Waals surface area contributed by atoms with Gasteiger partial charge in [0.25, 0.3) is 11.8 Å². The van der Waals surface area contributed by atoms with Crippen molar-refractivity contribution in [3.8, 4) is 5.75 Å². The minimum atomic E-state index is -0.624. The van der Waals surface area contributed by atoms with Gasteiger partial charge < -0.3 is 9.47 Å². The molecule has 1 aliphatic heterocycles. The molecule has 2 aromatic rings. The van der Waals surface area contributed by atoms with Crippen molar-refractivity contribution in [2.24, 2.45) is 0 Å². The maximum atomic E-state index is 14.2. The Morgan fingerprint density at radius 3 is 2.25 bits per heavy atom. The van der Waals surface area contributed by atoms with Gasteiger partial charge in [-0.15, -0.1) is 0 Å². The Morgan fingerprint density at radius 2 is 1.67 bits per heavy atom. The summed E-state index contributed by atoms with van der Waals surface area (Å²) in [5.41, 5.74) is 0.827. The van der Waals surface area contributed by atoms with Crippen molar-refractivity contribution in [1.29, 1.82) is 0 Å². The first-order valence-corrected chi connectivity index (χ1v) is 7.52. The molecule has 0 fully saturated rings. The van der Waals surface area contributed by atoms with Crippen LogP contribution in [-0.4, -0.2) is 32.1 Å². The lowest BCUT2D eigenvalue weighted by Crippen LogP contribution is -2.29. The molecule has 2 aromatic carbocycles. The molecule has 5 nitrogen and oxygen atoms in total. The molecule has 0 saturated heterocycles. The molecule has 1 aliphatic rings. The van der Waals surface area contributed by atoms with Crippen LogP contribution in [0.25, 0.3) is 0 Å². The van der Waals surface area contributed by atoms with Crippen molar-refractivity contribution < 1.29 is 23.5 Å². The first kappa shape index (κ1) is 16.1. The first-order valence-electron chi connectivity index (χ1n) is 7.52. The SMILES string of the molecule is COCCCOc1ccc(N2C(=O)c3ccccc3C2=O)cc1F. The first-order chi connectivity index (χ1) is 11.6. The number of methoxy groups -OCH3 is 1. The number of carbonyl (C=O) groups excluding carboxylic acids is 2. The largest absolute Gasteiger partial charge is 0.490 e. The van der Waals surface area contributed by atoms with E-state index >= 15 is 0 Å². The van der Waals surface area contributed by atoms with Crippen LogP contribution in [0.4, 0.5) is 10.1 Å². The molecular formula is C18H16FNO4. The minimum Gasteiger partial charge on any atom is -0.490 e. The van der Waals surface area contributed by atoms with Gasteiger partial charge in [0.05, 0.1) is 23.4 Å². The fraction of sp³-hybridized carbons (Fsp3) is 0.222. The topological polar surface area (TPSA) is 55.8 Å². The van der Waals surface area contributed by atoms with Gasteiger partial charge in [0.1, 0.15) is 0 Å². The molecule has 124 valence electrons. The average molecular weight is 329 g/mol. The Hall–Kier alpha value is -2.73. The van der Waals surface area contributed by atoms with E-state index in [4.69, 9.17) is 9.47 Å². The second-order valence-electron chi connectivity index (χ2n) is 5.30. The summed E-state index contributed by atoms with van der Waals surface area (Å²) >= 11 is 0. The summed E-state index contributed by atoms with van der Waals surface area (Å²) in [5, 5.41) is 0. The number of halogens is 1. The zero-order valence-electron chi connectivity index (χ0n) is 13.1. The molecule has 0 aromatic heterocycles. The van der Waals surface area contributed by atoms with Crippen LogP contribution in [-0.2, 0) is 4.74 Å². The number of ether oxygens (including phenoxy) is 2. The van der Waals surface area contributed by atoms with Crippen LogP contribution in [0.2, 0.25) is 0 Å². The fourth-order valence-electron chi connectivity index (χ4n) is 2.56. The Bertz CT molecular complexity index is 755. The molecule has 6 heteroatoms. The number of hydrogen-bond donors (Lipinski definition) is 0. The van der Waals surface area contributed by atoms with Crippen LogP contribution >= 0.6 is 0 Å². The maximum Gasteiger partial charge on any atom is 0.266 e. The molecule has 1 heterocycles. The van der Waals surface area contributed by atoms with Gasteiger partial charge in [0.2, 0.25) is 0 Å². The number of nitrogens with zero attached hydrogens (tertiary/aromatic N) is 1. The third kappa shape index (κ3) is 2.88. The van der Waals surface area contributed by atoms with E-state index in [0.29, 0.717) is 30.8 Å². The number of amides is 2. The molecule has 24 heavy (non-hydrogen) atoms. The lowest BCUT2D eigenvalue weighted by atomic mass is 10.1. The van der Waals surface area contributed by atoms with Gasteiger partial charge in [-0.1, -0.05) is 12.1 Å². The van der Waals surface area contributed by atoms with Crippen molar-refractivity contribution in [3.05, 3.63) is 59.4 Å². The zero-order chi connectivity index (χ0) is 17.1. The second kappa shape index (κ2) is 6.80. The summed E-state index contributed by atoms with van der Waals surface area (Å²) < 4.78 is 24.4. The second-order valence-corrected chi connectivity index (χ2v) is 5.30. The van der Waals surface area contributed by atoms with Gasteiger partial charge in [-0.25, -0.2) is 9.29 Å². The lowest BCUT2D eigenvalue weighted by Gasteiger charge is -2.15. The zero-order valence-corrected chi connectivity index (χ0v) is 13.1. The minimum absolute atomic E-state index is 0.0754. The molecule has 0 saturated carbocycles. The summed E-state index contributed by atoms with van der Waals surface area (Å²) in [6.07, 6.45) is 0.635. The van der Waals surface area contributed by atoms with Crippen LogP contribution in [0.5, 0.6) is 5.75 Å². The van der Waals surface area contributed by atoms with Crippen molar-refractivity contribution in [2.75, 3.05) is 25.2 Å². The predicted octanol–water partition coefficient (Wildman–Crippen LogP) is 3.04. The van der Waals surface area contributed by atoms with Crippen molar-refractivity contribution in [3.63, 3.8) is 0 Å². The van der Waals surface area contributed by atoms with Crippen molar-refractivity contribution in [2.45, 2.75) is 6.42 Å². The molecule has 0 spiro atoms. The van der Waals surface area contributed by atoms with Gasteiger partial charge in [0.15, 0.2) is 11.6 Å². The van der Waals surface area contributed by atoms with E-state index in [1.54, 1.807) is 31.4 Å². The van der Waals surface area contributed by atoms with Crippen LogP contribution in [0.15, 0.2) is 42.5 Å². The summed E-state index contributed by atoms with van der Waals surface area (Å²) in [5.74, 6) is -1.46. The number of fused-ring (bicyclic) bond motifs is 1. The maximum absolute atomic E-state index is 14.2. The summed E-state index contributed by atoms with van der Waals surface area (Å²) in [6, 6.07) is 10.6. The quantitative estimate of drug-likeness (QED) is 0.604. The fourth-order valence-corrected chi connectivity index (χ4v) is 2.56. The van der Waals surface area contributed by atoms with E-state index in [1.807, 2.05) is 0 Å². The third-order valence-electron chi connectivity index (χ3n) is 3.72. The molecular weight excluding hydrogens is 313 g/mol. The van der Waals surface area contributed by atoms with Gasteiger partial charge in [-0.3, -0.25) is 9.59 Å². The molecule has 0 bridgehead atoms. The third-order valence-corrected chi connectivity index (χ3v) is 3.72. The number of hydrogen-bond acceptors (Lipinski definition) is 4. The molecule has 0 unspecified atom stereocenters. The summed E-state index contributed by atoms with van der Waals surface area (Å²) in [7, 11) is 1.58. The molecule has 2 amide bonds. The number of carbonyl (C=O) groups is 2. The lowest BCUT2D eigenvalue weighted by molar-refractivity contribution is 0.0926. The molecule has 0 N–H and O–H groups in total.